The summed E-state index contributed by atoms with van der Waals surface area (Å²) in [6.45, 7) is 8.92. The van der Waals surface area contributed by atoms with Crippen LogP contribution in [0.15, 0.2) is 40.7 Å². The number of Topliss-reactive ketones (excluding diaryl/α,β-unsaturated/α-hetero) is 1. The number of nitrogens with one attached hydrogen (secondary N) is 1. The van der Waals surface area contributed by atoms with Gasteiger partial charge in [-0.05, 0) is 43.4 Å². The van der Waals surface area contributed by atoms with Crippen LogP contribution in [0.3, 0.4) is 0 Å². The van der Waals surface area contributed by atoms with Crippen LogP contribution >= 0.6 is 0 Å². The van der Waals surface area contributed by atoms with Crippen molar-refractivity contribution in [2.45, 2.75) is 46.5 Å². The normalized spacial score (nSPS) is 19.9. The van der Waals surface area contributed by atoms with Gasteiger partial charge in [0, 0.05) is 35.9 Å². The summed E-state index contributed by atoms with van der Waals surface area (Å²) in [5.41, 5.74) is 3.24. The number of carbonyl (C=O) groups is 2. The summed E-state index contributed by atoms with van der Waals surface area (Å²) in [6, 6.07) is 5.49. The molecule has 1 N–H and O–H groups in total. The van der Waals surface area contributed by atoms with E-state index in [-0.39, 0.29) is 17.8 Å². The Morgan fingerprint density at radius 2 is 1.84 bits per heavy atom. The van der Waals surface area contributed by atoms with Gasteiger partial charge in [-0.1, -0.05) is 19.9 Å². The van der Waals surface area contributed by atoms with E-state index in [0.717, 1.165) is 17.7 Å². The summed E-state index contributed by atoms with van der Waals surface area (Å²) in [6.07, 6.45) is 1.14. The molecule has 0 amide bonds. The first-order chi connectivity index (χ1) is 15.2. The largest absolute Gasteiger partial charge is 0.493 e. The van der Waals surface area contributed by atoms with E-state index in [1.807, 2.05) is 26.0 Å². The molecule has 0 saturated heterocycles. The molecule has 2 aliphatic rings. The third-order valence-corrected chi connectivity index (χ3v) is 5.87. The van der Waals surface area contributed by atoms with Crippen LogP contribution in [-0.2, 0) is 19.1 Å². The van der Waals surface area contributed by atoms with Crippen LogP contribution in [0.2, 0.25) is 0 Å². The third kappa shape index (κ3) is 4.83. The van der Waals surface area contributed by atoms with Crippen LogP contribution < -0.4 is 14.8 Å². The Labute approximate surface area is 189 Å². The number of ether oxygens (including phenoxy) is 4. The van der Waals surface area contributed by atoms with E-state index < -0.39 is 11.9 Å². The predicted molar refractivity (Wildman–Crippen MR) is 121 cm³/mol. The second-order valence-corrected chi connectivity index (χ2v) is 8.88. The Kier molecular flexibility index (Phi) is 7.29. The Hall–Kier alpha value is -2.80. The first kappa shape index (κ1) is 23.9. The SMILES string of the molecule is CCOCCOC(=O)C1=C(C)NC2=C(C(=O)CC(C)(C)C2)[C@@H]1c1ccc(OC)c(OC)c1. The van der Waals surface area contributed by atoms with E-state index in [1.54, 1.807) is 20.3 Å². The van der Waals surface area contributed by atoms with Gasteiger partial charge in [0.25, 0.3) is 0 Å². The zero-order valence-corrected chi connectivity index (χ0v) is 19.8. The average Bonchev–Trinajstić information content (AvgIpc) is 2.74. The lowest BCUT2D eigenvalue weighted by Gasteiger charge is -2.39. The molecule has 0 fully saturated rings. The molecule has 0 bridgehead atoms. The van der Waals surface area contributed by atoms with Crippen molar-refractivity contribution in [2.24, 2.45) is 5.41 Å². The Balaban J connectivity index is 2.08. The van der Waals surface area contributed by atoms with E-state index in [4.69, 9.17) is 18.9 Å². The van der Waals surface area contributed by atoms with Crippen molar-refractivity contribution < 1.29 is 28.5 Å². The fourth-order valence-corrected chi connectivity index (χ4v) is 4.49. The lowest BCUT2D eigenvalue weighted by molar-refractivity contribution is -0.140. The van der Waals surface area contributed by atoms with Crippen LogP contribution in [0.5, 0.6) is 11.5 Å². The number of rotatable bonds is 8. The average molecular weight is 444 g/mol. The number of benzene rings is 1. The summed E-state index contributed by atoms with van der Waals surface area (Å²) < 4.78 is 21.7. The number of hydrogen-bond acceptors (Lipinski definition) is 7. The molecular formula is C25H33NO6. The number of ketones is 1. The summed E-state index contributed by atoms with van der Waals surface area (Å²) in [5, 5.41) is 3.34. The van der Waals surface area contributed by atoms with Crippen molar-refractivity contribution in [3.05, 3.63) is 46.3 Å². The molecule has 0 radical (unpaired) electrons. The quantitative estimate of drug-likeness (QED) is 0.482. The molecule has 1 aliphatic heterocycles. The first-order valence-electron chi connectivity index (χ1n) is 10.9. The minimum Gasteiger partial charge on any atom is -0.493 e. The van der Waals surface area contributed by atoms with Gasteiger partial charge in [-0.2, -0.15) is 0 Å². The minimum atomic E-state index is -0.547. The van der Waals surface area contributed by atoms with Gasteiger partial charge in [0.2, 0.25) is 0 Å². The van der Waals surface area contributed by atoms with E-state index in [2.05, 4.69) is 19.2 Å². The summed E-state index contributed by atoms with van der Waals surface area (Å²) >= 11 is 0. The van der Waals surface area contributed by atoms with Crippen molar-refractivity contribution in [2.75, 3.05) is 34.0 Å². The highest BCUT2D eigenvalue weighted by Gasteiger charge is 2.43. The molecule has 174 valence electrons. The Morgan fingerprint density at radius 3 is 2.50 bits per heavy atom. The molecule has 7 heteroatoms. The number of esters is 1. The van der Waals surface area contributed by atoms with Gasteiger partial charge in [0.1, 0.15) is 6.61 Å². The molecule has 1 heterocycles. The second kappa shape index (κ2) is 9.77. The number of methoxy groups -OCH3 is 2. The van der Waals surface area contributed by atoms with Crippen molar-refractivity contribution >= 4 is 11.8 Å². The lowest BCUT2D eigenvalue weighted by Crippen LogP contribution is -2.38. The van der Waals surface area contributed by atoms with Crippen LogP contribution in [0.1, 0.15) is 52.0 Å². The number of dihydropyridines is 1. The second-order valence-electron chi connectivity index (χ2n) is 8.88. The standard InChI is InChI=1S/C25H33NO6/c1-7-31-10-11-32-24(28)21-15(2)26-17-13-25(3,4)14-18(27)23(17)22(21)16-8-9-19(29-5)20(12-16)30-6/h8-9,12,22,26H,7,10-11,13-14H2,1-6H3/t22-/m1/s1. The van der Waals surface area contributed by atoms with Crippen LogP contribution in [-0.4, -0.2) is 45.8 Å². The molecular weight excluding hydrogens is 410 g/mol. The van der Waals surface area contributed by atoms with Crippen molar-refractivity contribution in [3.8, 4) is 11.5 Å². The molecule has 0 saturated carbocycles. The molecule has 0 unspecified atom stereocenters. The zero-order chi connectivity index (χ0) is 23.5. The van der Waals surface area contributed by atoms with E-state index in [1.165, 1.54) is 0 Å². The predicted octanol–water partition coefficient (Wildman–Crippen LogP) is 3.89. The molecule has 1 aromatic rings. The van der Waals surface area contributed by atoms with Crippen molar-refractivity contribution in [1.82, 2.24) is 5.32 Å². The highest BCUT2D eigenvalue weighted by Crippen LogP contribution is 2.47. The minimum absolute atomic E-state index is 0.0376. The van der Waals surface area contributed by atoms with Crippen LogP contribution in [0.4, 0.5) is 0 Å². The number of allylic oxidation sites excluding steroid dienone is 3. The maximum Gasteiger partial charge on any atom is 0.336 e. The molecule has 7 nitrogen and oxygen atoms in total. The smallest absolute Gasteiger partial charge is 0.336 e. The summed E-state index contributed by atoms with van der Waals surface area (Å²) in [7, 11) is 3.13. The molecule has 1 atom stereocenters. The molecule has 1 aliphatic carbocycles. The van der Waals surface area contributed by atoms with Gasteiger partial charge >= 0.3 is 5.97 Å². The van der Waals surface area contributed by atoms with Gasteiger partial charge in [-0.3, -0.25) is 4.79 Å². The summed E-state index contributed by atoms with van der Waals surface area (Å²) in [4.78, 5) is 26.5. The van der Waals surface area contributed by atoms with E-state index in [0.29, 0.717) is 48.0 Å². The molecule has 0 aromatic heterocycles. The highest BCUT2D eigenvalue weighted by atomic mass is 16.6. The van der Waals surface area contributed by atoms with Gasteiger partial charge in [-0.25, -0.2) is 4.79 Å². The Bertz CT molecular complexity index is 959. The van der Waals surface area contributed by atoms with Crippen LogP contribution in [0, 0.1) is 5.41 Å². The summed E-state index contributed by atoms with van der Waals surface area (Å²) in [5.74, 6) is 0.150. The molecule has 1 aromatic carbocycles. The van der Waals surface area contributed by atoms with Gasteiger partial charge in [0.05, 0.1) is 26.4 Å². The molecule has 3 rings (SSSR count). The maximum atomic E-state index is 13.3. The van der Waals surface area contributed by atoms with Gasteiger partial charge in [0.15, 0.2) is 17.3 Å². The topological polar surface area (TPSA) is 83.1 Å². The first-order valence-corrected chi connectivity index (χ1v) is 10.9. The van der Waals surface area contributed by atoms with E-state index >= 15 is 0 Å². The third-order valence-electron chi connectivity index (χ3n) is 5.87. The maximum absolute atomic E-state index is 13.3. The van der Waals surface area contributed by atoms with E-state index in [9.17, 15) is 9.59 Å². The lowest BCUT2D eigenvalue weighted by atomic mass is 9.68. The zero-order valence-electron chi connectivity index (χ0n) is 19.8. The molecule has 32 heavy (non-hydrogen) atoms. The highest BCUT2D eigenvalue weighted by molar-refractivity contribution is 6.04. The van der Waals surface area contributed by atoms with Crippen molar-refractivity contribution in [1.29, 1.82) is 0 Å². The Morgan fingerprint density at radius 1 is 1.12 bits per heavy atom. The number of hydrogen-bond donors (Lipinski definition) is 1. The monoisotopic (exact) mass is 443 g/mol. The fourth-order valence-electron chi connectivity index (χ4n) is 4.49. The van der Waals surface area contributed by atoms with Crippen molar-refractivity contribution in [3.63, 3.8) is 0 Å². The van der Waals surface area contributed by atoms with Gasteiger partial charge < -0.3 is 24.3 Å². The van der Waals surface area contributed by atoms with Gasteiger partial charge in [-0.15, -0.1) is 0 Å². The fraction of sp³-hybridized carbons (Fsp3) is 0.520. The van der Waals surface area contributed by atoms with Crippen LogP contribution in [0.25, 0.3) is 0 Å². The molecule has 0 spiro atoms. The number of carbonyl (C=O) groups excluding carboxylic acids is 2.